The standard InChI is InChI=1S/C12H22O2.C12H16O.C7H12O2/c1-4-6-7-11(5-2)9-8-10(3)12(13)14;1-5-10-6-8-11(9-7-10)13-12(2,3)4;1-5-6(8)9-7(2,3)4/h11H,3-9H2,1-2H3,(H,13,14);5-9H,1H2,2-4H3;5H,1H2,2-4H3. The minimum Gasteiger partial charge on any atom is -0.488 e. The molecule has 0 amide bonds. The maximum atomic E-state index is 10.5. The summed E-state index contributed by atoms with van der Waals surface area (Å²) < 4.78 is 10.5. The molecule has 1 unspecified atom stereocenters. The molecule has 1 aromatic rings. The van der Waals surface area contributed by atoms with Crippen LogP contribution in [0.4, 0.5) is 0 Å². The van der Waals surface area contributed by atoms with E-state index in [9.17, 15) is 9.59 Å². The van der Waals surface area contributed by atoms with Gasteiger partial charge in [-0.15, -0.1) is 0 Å². The summed E-state index contributed by atoms with van der Waals surface area (Å²) in [4.78, 5) is 21.0. The number of aliphatic carboxylic acids is 1. The van der Waals surface area contributed by atoms with Crippen LogP contribution in [0.1, 0.15) is 99.5 Å². The minimum atomic E-state index is -0.852. The summed E-state index contributed by atoms with van der Waals surface area (Å²) in [7, 11) is 0. The molecule has 0 heterocycles. The first-order chi connectivity index (χ1) is 16.6. The lowest BCUT2D eigenvalue weighted by Gasteiger charge is -2.21. The molecule has 5 nitrogen and oxygen atoms in total. The fourth-order valence-corrected chi connectivity index (χ4v) is 2.90. The molecule has 5 heteroatoms. The largest absolute Gasteiger partial charge is 0.488 e. The van der Waals surface area contributed by atoms with Gasteiger partial charge in [-0.3, -0.25) is 0 Å². The van der Waals surface area contributed by atoms with Crippen molar-refractivity contribution >= 4 is 18.0 Å². The molecule has 0 saturated heterocycles. The highest BCUT2D eigenvalue weighted by molar-refractivity contribution is 5.85. The first kappa shape index (κ1) is 35.3. The average molecular weight is 503 g/mol. The van der Waals surface area contributed by atoms with Gasteiger partial charge in [0.05, 0.1) is 0 Å². The Labute approximate surface area is 220 Å². The molecular weight excluding hydrogens is 452 g/mol. The summed E-state index contributed by atoms with van der Waals surface area (Å²) in [6.07, 6.45) is 9.42. The van der Waals surface area contributed by atoms with Gasteiger partial charge in [0, 0.05) is 11.6 Å². The number of hydrogen-bond donors (Lipinski definition) is 1. The van der Waals surface area contributed by atoms with Crippen LogP contribution in [0.5, 0.6) is 5.75 Å². The number of benzene rings is 1. The predicted octanol–water partition coefficient (Wildman–Crippen LogP) is 8.64. The van der Waals surface area contributed by atoms with Crippen molar-refractivity contribution in [1.82, 2.24) is 0 Å². The van der Waals surface area contributed by atoms with E-state index in [2.05, 4.69) is 33.6 Å². The van der Waals surface area contributed by atoms with Crippen molar-refractivity contribution in [1.29, 1.82) is 0 Å². The Morgan fingerprint density at radius 1 is 0.972 bits per heavy atom. The molecule has 0 aliphatic rings. The SMILES string of the molecule is C=C(CCC(CC)CCCC)C(=O)O.C=CC(=O)OC(C)(C)C.C=Cc1ccc(OC(C)(C)C)cc1. The number of esters is 1. The molecule has 1 atom stereocenters. The molecule has 0 bridgehead atoms. The van der Waals surface area contributed by atoms with Crippen molar-refractivity contribution in [2.75, 3.05) is 0 Å². The smallest absolute Gasteiger partial charge is 0.330 e. The highest BCUT2D eigenvalue weighted by atomic mass is 16.6. The molecule has 1 N–H and O–H groups in total. The Balaban J connectivity index is 0. The van der Waals surface area contributed by atoms with E-state index in [4.69, 9.17) is 14.6 Å². The predicted molar refractivity (Wildman–Crippen MR) is 152 cm³/mol. The summed E-state index contributed by atoms with van der Waals surface area (Å²) in [6.45, 7) is 26.4. The van der Waals surface area contributed by atoms with Gasteiger partial charge in [0.15, 0.2) is 0 Å². The Morgan fingerprint density at radius 3 is 1.86 bits per heavy atom. The zero-order valence-electron chi connectivity index (χ0n) is 24.0. The summed E-state index contributed by atoms with van der Waals surface area (Å²) >= 11 is 0. The molecule has 204 valence electrons. The van der Waals surface area contributed by atoms with E-state index in [0.29, 0.717) is 17.9 Å². The van der Waals surface area contributed by atoms with Gasteiger partial charge < -0.3 is 14.6 Å². The number of hydrogen-bond acceptors (Lipinski definition) is 4. The van der Waals surface area contributed by atoms with Crippen LogP contribution in [0.15, 0.2) is 55.7 Å². The van der Waals surface area contributed by atoms with Crippen molar-refractivity contribution in [2.24, 2.45) is 5.92 Å². The fraction of sp³-hybridized carbons (Fsp3) is 0.548. The van der Waals surface area contributed by atoms with Gasteiger partial charge in [-0.25, -0.2) is 9.59 Å². The van der Waals surface area contributed by atoms with Crippen LogP contribution in [0, 0.1) is 5.92 Å². The number of carbonyl (C=O) groups is 2. The van der Waals surface area contributed by atoms with Crippen LogP contribution in [0.2, 0.25) is 0 Å². The molecule has 0 aliphatic carbocycles. The summed E-state index contributed by atoms with van der Waals surface area (Å²) in [5, 5.41) is 8.64. The third-order valence-corrected chi connectivity index (χ3v) is 4.81. The fourth-order valence-electron chi connectivity index (χ4n) is 2.90. The maximum absolute atomic E-state index is 10.5. The monoisotopic (exact) mass is 502 g/mol. The molecule has 0 aliphatic heterocycles. The Bertz CT molecular complexity index is 792. The Morgan fingerprint density at radius 2 is 1.53 bits per heavy atom. The number of unbranched alkanes of at least 4 members (excludes halogenated alkanes) is 1. The molecule has 0 radical (unpaired) electrons. The second-order valence-corrected chi connectivity index (χ2v) is 10.6. The molecule has 1 rings (SSSR count). The first-order valence-electron chi connectivity index (χ1n) is 12.8. The molecule has 1 aromatic carbocycles. The molecular formula is C31H50O5. The van der Waals surface area contributed by atoms with E-state index in [-0.39, 0.29) is 11.6 Å². The van der Waals surface area contributed by atoms with Crippen molar-refractivity contribution in [2.45, 2.75) is 105 Å². The van der Waals surface area contributed by atoms with Gasteiger partial charge in [-0.05, 0) is 78.0 Å². The van der Waals surface area contributed by atoms with Crippen LogP contribution in [-0.2, 0) is 14.3 Å². The van der Waals surface area contributed by atoms with Gasteiger partial charge in [-0.1, -0.05) is 77.5 Å². The summed E-state index contributed by atoms with van der Waals surface area (Å²) in [5.41, 5.74) is 0.933. The van der Waals surface area contributed by atoms with Gasteiger partial charge in [0.1, 0.15) is 17.0 Å². The lowest BCUT2D eigenvalue weighted by Crippen LogP contribution is -2.22. The van der Waals surface area contributed by atoms with E-state index >= 15 is 0 Å². The van der Waals surface area contributed by atoms with Crippen LogP contribution in [-0.4, -0.2) is 28.2 Å². The molecule has 0 fully saturated rings. The van der Waals surface area contributed by atoms with Gasteiger partial charge >= 0.3 is 11.9 Å². The third-order valence-electron chi connectivity index (χ3n) is 4.81. The quantitative estimate of drug-likeness (QED) is 0.242. The number of carbonyl (C=O) groups excluding carboxylic acids is 1. The highest BCUT2D eigenvalue weighted by Crippen LogP contribution is 2.20. The molecule has 0 spiro atoms. The maximum Gasteiger partial charge on any atom is 0.330 e. The van der Waals surface area contributed by atoms with E-state index in [1.54, 1.807) is 0 Å². The minimum absolute atomic E-state index is 0.129. The number of rotatable bonds is 11. The Hall–Kier alpha value is -2.82. The number of ether oxygens (including phenoxy) is 2. The summed E-state index contributed by atoms with van der Waals surface area (Å²) in [5.74, 6) is 0.349. The van der Waals surface area contributed by atoms with Gasteiger partial charge in [0.2, 0.25) is 0 Å². The molecule has 36 heavy (non-hydrogen) atoms. The highest BCUT2D eigenvalue weighted by Gasteiger charge is 2.13. The van der Waals surface area contributed by atoms with Crippen LogP contribution in [0.3, 0.4) is 0 Å². The van der Waals surface area contributed by atoms with E-state index in [1.807, 2.05) is 71.9 Å². The van der Waals surface area contributed by atoms with Crippen LogP contribution in [0.25, 0.3) is 6.08 Å². The molecule has 0 saturated carbocycles. The van der Waals surface area contributed by atoms with E-state index < -0.39 is 11.6 Å². The van der Waals surface area contributed by atoms with Gasteiger partial charge in [0.25, 0.3) is 0 Å². The van der Waals surface area contributed by atoms with Crippen molar-refractivity contribution in [3.8, 4) is 5.75 Å². The first-order valence-corrected chi connectivity index (χ1v) is 12.8. The van der Waals surface area contributed by atoms with Crippen molar-refractivity contribution in [3.63, 3.8) is 0 Å². The second kappa shape index (κ2) is 18.4. The van der Waals surface area contributed by atoms with E-state index in [0.717, 1.165) is 30.2 Å². The molecule has 0 aromatic heterocycles. The zero-order valence-corrected chi connectivity index (χ0v) is 24.0. The van der Waals surface area contributed by atoms with E-state index in [1.165, 1.54) is 19.3 Å². The second-order valence-electron chi connectivity index (χ2n) is 10.6. The third kappa shape index (κ3) is 21.7. The van der Waals surface area contributed by atoms with Crippen molar-refractivity contribution in [3.05, 3.63) is 61.2 Å². The number of carboxylic acids is 1. The van der Waals surface area contributed by atoms with Gasteiger partial charge in [-0.2, -0.15) is 0 Å². The lowest BCUT2D eigenvalue weighted by atomic mass is 9.93. The van der Waals surface area contributed by atoms with Crippen LogP contribution >= 0.6 is 0 Å². The summed E-state index contributed by atoms with van der Waals surface area (Å²) in [6, 6.07) is 7.91. The number of carboxylic acid groups (broad SMARTS) is 1. The normalized spacial score (nSPS) is 11.4. The topological polar surface area (TPSA) is 72.8 Å². The average Bonchev–Trinajstić information content (AvgIpc) is 2.78. The Kier molecular flexibility index (Phi) is 18.1. The lowest BCUT2D eigenvalue weighted by molar-refractivity contribution is -0.148. The van der Waals surface area contributed by atoms with Crippen LogP contribution < -0.4 is 4.74 Å². The zero-order chi connectivity index (χ0) is 28.4. The van der Waals surface area contributed by atoms with Crippen molar-refractivity contribution < 1.29 is 24.2 Å².